The Labute approximate surface area is 177 Å². The Hall–Kier alpha value is -2.45. The van der Waals surface area contributed by atoms with E-state index in [0.29, 0.717) is 6.61 Å². The summed E-state index contributed by atoms with van der Waals surface area (Å²) in [6.45, 7) is 2.15. The third kappa shape index (κ3) is 6.27. The summed E-state index contributed by atoms with van der Waals surface area (Å²) in [6.07, 6.45) is 2.44. The van der Waals surface area contributed by atoms with E-state index in [-0.39, 0.29) is 24.7 Å². The van der Waals surface area contributed by atoms with E-state index in [1.165, 1.54) is 7.11 Å². The Bertz CT molecular complexity index is 751. The number of hydrogen-bond acceptors (Lipinski definition) is 7. The zero-order valence-corrected chi connectivity index (χ0v) is 18.2. The number of benzene rings is 1. The number of nitrogens with one attached hydrogen (secondary N) is 2. The second-order valence-corrected chi connectivity index (χ2v) is 7.48. The molecule has 1 aliphatic heterocycles. The quantitative estimate of drug-likeness (QED) is 0.716. The summed E-state index contributed by atoms with van der Waals surface area (Å²) in [7, 11) is 4.61. The molecule has 0 saturated heterocycles. The molecule has 30 heavy (non-hydrogen) atoms. The average Bonchev–Trinajstić information content (AvgIpc) is 2.74. The minimum Gasteiger partial charge on any atom is -0.496 e. The second kappa shape index (κ2) is 11.7. The van der Waals surface area contributed by atoms with Crippen molar-refractivity contribution in [2.24, 2.45) is 5.92 Å². The smallest absolute Gasteiger partial charge is 0.330 e. The van der Waals surface area contributed by atoms with Gasteiger partial charge in [-0.2, -0.15) is 0 Å². The van der Waals surface area contributed by atoms with Crippen molar-refractivity contribution in [1.82, 2.24) is 10.6 Å². The second-order valence-electron chi connectivity index (χ2n) is 7.48. The molecular formula is C22H32N2O6. The molecule has 3 atom stereocenters. The van der Waals surface area contributed by atoms with Gasteiger partial charge in [0.2, 0.25) is 5.91 Å². The number of carbonyl (C=O) groups excluding carboxylic acids is 3. The fourth-order valence-electron chi connectivity index (χ4n) is 3.54. The molecule has 0 aromatic heterocycles. The number of rotatable bonds is 3. The topological polar surface area (TPSA) is 103 Å². The van der Waals surface area contributed by atoms with Gasteiger partial charge in [0.15, 0.2) is 11.8 Å². The molecule has 1 amide bonds. The van der Waals surface area contributed by atoms with E-state index in [2.05, 4.69) is 10.6 Å². The van der Waals surface area contributed by atoms with Crippen LogP contribution < -0.4 is 15.4 Å². The van der Waals surface area contributed by atoms with Crippen molar-refractivity contribution in [3.8, 4) is 5.75 Å². The molecule has 1 heterocycles. The molecular weight excluding hydrogens is 388 g/mol. The monoisotopic (exact) mass is 420 g/mol. The summed E-state index contributed by atoms with van der Waals surface area (Å²) in [5.41, 5.74) is 1.86. The number of fused-ring (bicyclic) bond motifs is 2. The summed E-state index contributed by atoms with van der Waals surface area (Å²) in [4.78, 5) is 37.5. The van der Waals surface area contributed by atoms with Gasteiger partial charge in [-0.1, -0.05) is 19.1 Å². The minimum atomic E-state index is -0.902. The summed E-state index contributed by atoms with van der Waals surface area (Å²) >= 11 is 0. The summed E-state index contributed by atoms with van der Waals surface area (Å²) in [5, 5.41) is 5.70. The number of ether oxygens (including phenoxy) is 3. The summed E-state index contributed by atoms with van der Waals surface area (Å²) < 4.78 is 15.8. The molecule has 0 spiro atoms. The van der Waals surface area contributed by atoms with Crippen LogP contribution in [-0.2, 0) is 30.3 Å². The highest BCUT2D eigenvalue weighted by Gasteiger charge is 2.28. The highest BCUT2D eigenvalue weighted by molar-refractivity contribution is 5.92. The first-order chi connectivity index (χ1) is 14.4. The number of hydrogen-bond donors (Lipinski definition) is 2. The van der Waals surface area contributed by atoms with E-state index < -0.39 is 24.0 Å². The van der Waals surface area contributed by atoms with Crippen LogP contribution in [-0.4, -0.2) is 58.2 Å². The van der Waals surface area contributed by atoms with Gasteiger partial charge in [-0.25, -0.2) is 4.79 Å². The maximum Gasteiger partial charge on any atom is 0.330 e. The molecule has 1 aromatic carbocycles. The highest BCUT2D eigenvalue weighted by atomic mass is 16.5. The summed E-state index contributed by atoms with van der Waals surface area (Å²) in [5.74, 6) is -0.891. The standard InChI is InChI=1S/C22H32N2O6/c1-14-11-18(25)20(23-2)16-8-9-19(28-3)15(12-16)7-5-6-10-30-13-17(22(27)29-4)24-21(14)26/h8-9,12,14,17,20,23H,5-7,10-11,13H2,1-4H3,(H,24,26)/t14-,17+,20+/m1/s1. The number of Topliss-reactive ketones (excluding diaryl/α,β-unsaturated/α-hetero) is 1. The van der Waals surface area contributed by atoms with Gasteiger partial charge < -0.3 is 24.8 Å². The van der Waals surface area contributed by atoms with E-state index in [1.54, 1.807) is 21.1 Å². The van der Waals surface area contributed by atoms with Crippen molar-refractivity contribution >= 4 is 17.7 Å². The lowest BCUT2D eigenvalue weighted by molar-refractivity contribution is -0.147. The van der Waals surface area contributed by atoms with Crippen molar-refractivity contribution in [2.45, 2.75) is 44.7 Å². The first-order valence-electron chi connectivity index (χ1n) is 10.2. The van der Waals surface area contributed by atoms with Crippen LogP contribution in [0.3, 0.4) is 0 Å². The van der Waals surface area contributed by atoms with Gasteiger partial charge in [0, 0.05) is 18.9 Å². The van der Waals surface area contributed by atoms with Crippen molar-refractivity contribution in [2.75, 3.05) is 34.5 Å². The lowest BCUT2D eigenvalue weighted by Gasteiger charge is -2.22. The Kier molecular flexibility index (Phi) is 9.26. The maximum atomic E-state index is 12.9. The number of methoxy groups -OCH3 is 2. The fraction of sp³-hybridized carbons (Fsp3) is 0.591. The molecule has 0 aliphatic carbocycles. The predicted molar refractivity (Wildman–Crippen MR) is 111 cm³/mol. The third-order valence-electron chi connectivity index (χ3n) is 5.27. The lowest BCUT2D eigenvalue weighted by Crippen LogP contribution is -2.47. The van der Waals surface area contributed by atoms with E-state index >= 15 is 0 Å². The van der Waals surface area contributed by atoms with Crippen molar-refractivity contribution < 1.29 is 28.6 Å². The number of amides is 1. The van der Waals surface area contributed by atoms with Crippen LogP contribution in [0, 0.1) is 5.92 Å². The first-order valence-corrected chi connectivity index (χ1v) is 10.2. The van der Waals surface area contributed by atoms with Crippen molar-refractivity contribution in [1.29, 1.82) is 0 Å². The van der Waals surface area contributed by atoms with Crippen LogP contribution in [0.15, 0.2) is 18.2 Å². The molecule has 0 unspecified atom stereocenters. The zero-order chi connectivity index (χ0) is 22.1. The Morgan fingerprint density at radius 3 is 2.67 bits per heavy atom. The Morgan fingerprint density at radius 2 is 2.00 bits per heavy atom. The van der Waals surface area contributed by atoms with Gasteiger partial charge in [0.05, 0.1) is 26.9 Å². The van der Waals surface area contributed by atoms with Crippen LogP contribution in [0.4, 0.5) is 0 Å². The van der Waals surface area contributed by atoms with Gasteiger partial charge in [-0.15, -0.1) is 0 Å². The van der Waals surface area contributed by atoms with E-state index in [0.717, 1.165) is 36.1 Å². The molecule has 8 heteroatoms. The number of esters is 1. The molecule has 1 aliphatic rings. The highest BCUT2D eigenvalue weighted by Crippen LogP contribution is 2.26. The van der Waals surface area contributed by atoms with Gasteiger partial charge in [-0.3, -0.25) is 9.59 Å². The molecule has 0 saturated carbocycles. The molecule has 2 N–H and O–H groups in total. The van der Waals surface area contributed by atoms with Gasteiger partial charge in [0.25, 0.3) is 0 Å². The fourth-order valence-corrected chi connectivity index (χ4v) is 3.54. The van der Waals surface area contributed by atoms with E-state index in [1.807, 2.05) is 18.2 Å². The van der Waals surface area contributed by atoms with Crippen LogP contribution >= 0.6 is 0 Å². The van der Waals surface area contributed by atoms with Gasteiger partial charge >= 0.3 is 5.97 Å². The van der Waals surface area contributed by atoms with E-state index in [9.17, 15) is 14.4 Å². The van der Waals surface area contributed by atoms with Crippen LogP contribution in [0.2, 0.25) is 0 Å². The molecule has 2 bridgehead atoms. The maximum absolute atomic E-state index is 12.9. The van der Waals surface area contributed by atoms with Crippen molar-refractivity contribution in [3.63, 3.8) is 0 Å². The molecule has 8 nitrogen and oxygen atoms in total. The van der Waals surface area contributed by atoms with Crippen LogP contribution in [0.5, 0.6) is 5.75 Å². The van der Waals surface area contributed by atoms with E-state index in [4.69, 9.17) is 14.2 Å². The number of aryl methyl sites for hydroxylation is 1. The Balaban J connectivity index is 2.29. The van der Waals surface area contributed by atoms with Gasteiger partial charge in [0.1, 0.15) is 5.75 Å². The SMILES string of the molecule is CN[C@@H]1C(=O)C[C@@H](C)C(=O)N[C@H](C(=O)OC)COCCCCc2cc1ccc2OC. The first kappa shape index (κ1) is 23.8. The molecule has 0 fully saturated rings. The number of ketones is 1. The number of carbonyl (C=O) groups is 3. The zero-order valence-electron chi connectivity index (χ0n) is 18.2. The summed E-state index contributed by atoms with van der Waals surface area (Å²) in [6, 6.07) is 4.30. The van der Waals surface area contributed by atoms with Crippen LogP contribution in [0.1, 0.15) is 43.4 Å². The van der Waals surface area contributed by atoms with Crippen molar-refractivity contribution in [3.05, 3.63) is 29.3 Å². The number of likely N-dealkylation sites (N-methyl/N-ethyl adjacent to an activating group) is 1. The molecule has 0 radical (unpaired) electrons. The molecule has 1 aromatic rings. The molecule has 166 valence electrons. The normalized spacial score (nSPS) is 24.1. The van der Waals surface area contributed by atoms with Gasteiger partial charge in [-0.05, 0) is 43.5 Å². The lowest BCUT2D eigenvalue weighted by atomic mass is 9.93. The Morgan fingerprint density at radius 1 is 1.23 bits per heavy atom. The largest absolute Gasteiger partial charge is 0.496 e. The average molecular weight is 421 g/mol. The van der Waals surface area contributed by atoms with Crippen LogP contribution in [0.25, 0.3) is 0 Å². The minimum absolute atomic E-state index is 0.0248. The predicted octanol–water partition coefficient (Wildman–Crippen LogP) is 1.56. The molecule has 2 rings (SSSR count). The third-order valence-corrected chi connectivity index (χ3v) is 5.27.